The van der Waals surface area contributed by atoms with Gasteiger partial charge in [-0.1, -0.05) is 42.5 Å². The lowest BCUT2D eigenvalue weighted by Gasteiger charge is -2.18. The van der Waals surface area contributed by atoms with Gasteiger partial charge in [0.05, 0.1) is 22.4 Å². The number of halogens is 1. The van der Waals surface area contributed by atoms with E-state index >= 15 is 0 Å². The molecule has 0 saturated carbocycles. The molecule has 3 aromatic rings. The van der Waals surface area contributed by atoms with Crippen LogP contribution in [0, 0.1) is 0 Å². The summed E-state index contributed by atoms with van der Waals surface area (Å²) in [4.78, 5) is 0. The molecular weight excluding hydrogens is 328 g/mol. The Morgan fingerprint density at radius 3 is 2.71 bits per heavy atom. The number of rotatable bonds is 4. The van der Waals surface area contributed by atoms with Gasteiger partial charge in [-0.25, -0.2) is 0 Å². The van der Waals surface area contributed by atoms with E-state index < -0.39 is 0 Å². The minimum Gasteiger partial charge on any atom is -0.271 e. The maximum absolute atomic E-state index is 5.78. The molecule has 0 amide bonds. The summed E-state index contributed by atoms with van der Waals surface area (Å²) in [5, 5.41) is 6.77. The fourth-order valence-electron chi connectivity index (χ4n) is 2.74. The van der Waals surface area contributed by atoms with E-state index in [1.54, 1.807) is 6.20 Å². The lowest BCUT2D eigenvalue weighted by Crippen LogP contribution is -2.31. The molecule has 1 atom stereocenters. The van der Waals surface area contributed by atoms with Crippen LogP contribution in [0.15, 0.2) is 53.1 Å². The number of benzene rings is 2. The van der Waals surface area contributed by atoms with Crippen LogP contribution in [0.1, 0.15) is 17.3 Å². The summed E-state index contributed by atoms with van der Waals surface area (Å²) in [6, 6.07) is 14.8. The quantitative estimate of drug-likeness (QED) is 0.564. The van der Waals surface area contributed by atoms with Crippen LogP contribution in [0.2, 0.25) is 0 Å². The van der Waals surface area contributed by atoms with Gasteiger partial charge in [0.25, 0.3) is 0 Å². The van der Waals surface area contributed by atoms with Crippen molar-refractivity contribution in [3.63, 3.8) is 0 Å². The average molecular weight is 345 g/mol. The summed E-state index contributed by atoms with van der Waals surface area (Å²) in [7, 11) is 1.92. The van der Waals surface area contributed by atoms with Gasteiger partial charge in [-0.05, 0) is 38.7 Å². The Labute approximate surface area is 132 Å². The smallest absolute Gasteiger partial charge is 0.0709 e. The van der Waals surface area contributed by atoms with E-state index in [4.69, 9.17) is 5.84 Å². The van der Waals surface area contributed by atoms with Crippen LogP contribution in [0.25, 0.3) is 10.8 Å². The van der Waals surface area contributed by atoms with Crippen LogP contribution >= 0.6 is 15.9 Å². The first-order valence-corrected chi connectivity index (χ1v) is 7.60. The highest BCUT2D eigenvalue weighted by atomic mass is 79.9. The molecule has 3 N–H and O–H groups in total. The Balaban J connectivity index is 2.00. The number of nitrogens with one attached hydrogen (secondary N) is 1. The monoisotopic (exact) mass is 344 g/mol. The third-order valence-electron chi connectivity index (χ3n) is 3.77. The van der Waals surface area contributed by atoms with Crippen molar-refractivity contribution in [1.29, 1.82) is 0 Å². The van der Waals surface area contributed by atoms with Crippen molar-refractivity contribution in [2.75, 3.05) is 0 Å². The number of aryl methyl sites for hydroxylation is 1. The molecule has 3 rings (SSSR count). The number of hydrogen-bond acceptors (Lipinski definition) is 3. The van der Waals surface area contributed by atoms with Crippen molar-refractivity contribution in [1.82, 2.24) is 15.2 Å². The topological polar surface area (TPSA) is 55.9 Å². The molecule has 4 nitrogen and oxygen atoms in total. The molecular formula is C16H17BrN4. The zero-order chi connectivity index (χ0) is 14.8. The molecule has 1 heterocycles. The van der Waals surface area contributed by atoms with E-state index in [1.807, 2.05) is 11.7 Å². The van der Waals surface area contributed by atoms with Crippen LogP contribution < -0.4 is 11.3 Å². The number of aromatic nitrogens is 2. The summed E-state index contributed by atoms with van der Waals surface area (Å²) < 4.78 is 2.81. The average Bonchev–Trinajstić information content (AvgIpc) is 2.84. The molecule has 0 aliphatic carbocycles. The zero-order valence-electron chi connectivity index (χ0n) is 11.8. The first-order valence-electron chi connectivity index (χ1n) is 6.81. The zero-order valence-corrected chi connectivity index (χ0v) is 13.3. The molecule has 0 fully saturated rings. The Morgan fingerprint density at radius 2 is 2.00 bits per heavy atom. The molecule has 108 valence electrons. The Hall–Kier alpha value is -1.69. The standard InChI is InChI=1S/C16H17BrN4/c1-21-16(14(17)10-19-21)15(20-18)9-12-7-4-6-11-5-2-3-8-13(11)12/h2-8,10,15,20H,9,18H2,1H3. The molecule has 0 saturated heterocycles. The fraction of sp³-hybridized carbons (Fsp3) is 0.188. The minimum absolute atomic E-state index is 0.00215. The van der Waals surface area contributed by atoms with Crippen molar-refractivity contribution < 1.29 is 0 Å². The highest BCUT2D eigenvalue weighted by Crippen LogP contribution is 2.28. The van der Waals surface area contributed by atoms with Crippen molar-refractivity contribution in [2.45, 2.75) is 12.5 Å². The second kappa shape index (κ2) is 5.97. The molecule has 1 unspecified atom stereocenters. The largest absolute Gasteiger partial charge is 0.271 e. The Bertz CT molecular complexity index is 741. The minimum atomic E-state index is -0.00215. The number of nitrogens with two attached hydrogens (primary N) is 1. The van der Waals surface area contributed by atoms with Crippen LogP contribution in [0.4, 0.5) is 0 Å². The van der Waals surface area contributed by atoms with Crippen molar-refractivity contribution in [2.24, 2.45) is 12.9 Å². The van der Waals surface area contributed by atoms with E-state index in [2.05, 4.69) is 68.9 Å². The first-order chi connectivity index (χ1) is 10.2. The van der Waals surface area contributed by atoms with Gasteiger partial charge in [-0.2, -0.15) is 5.10 Å². The highest BCUT2D eigenvalue weighted by molar-refractivity contribution is 9.10. The lowest BCUT2D eigenvalue weighted by atomic mass is 9.97. The third-order valence-corrected chi connectivity index (χ3v) is 4.38. The van der Waals surface area contributed by atoms with E-state index in [1.165, 1.54) is 16.3 Å². The summed E-state index contributed by atoms with van der Waals surface area (Å²) in [6.45, 7) is 0. The summed E-state index contributed by atoms with van der Waals surface area (Å²) in [6.07, 6.45) is 2.60. The highest BCUT2D eigenvalue weighted by Gasteiger charge is 2.18. The maximum atomic E-state index is 5.78. The molecule has 5 heteroatoms. The van der Waals surface area contributed by atoms with Gasteiger partial charge in [0.2, 0.25) is 0 Å². The molecule has 0 aliphatic heterocycles. The van der Waals surface area contributed by atoms with Crippen molar-refractivity contribution in [3.8, 4) is 0 Å². The molecule has 0 spiro atoms. The van der Waals surface area contributed by atoms with Gasteiger partial charge in [-0.3, -0.25) is 16.0 Å². The van der Waals surface area contributed by atoms with E-state index in [-0.39, 0.29) is 6.04 Å². The summed E-state index contributed by atoms with van der Waals surface area (Å²) >= 11 is 3.54. The Kier molecular flexibility index (Phi) is 4.05. The predicted octanol–water partition coefficient (Wildman–Crippen LogP) is 3.08. The lowest BCUT2D eigenvalue weighted by molar-refractivity contribution is 0.508. The predicted molar refractivity (Wildman–Crippen MR) is 88.6 cm³/mol. The van der Waals surface area contributed by atoms with Crippen molar-refractivity contribution >= 4 is 26.7 Å². The molecule has 2 aromatic carbocycles. The van der Waals surface area contributed by atoms with E-state index in [9.17, 15) is 0 Å². The molecule has 0 bridgehead atoms. The summed E-state index contributed by atoms with van der Waals surface area (Å²) in [5.41, 5.74) is 5.22. The summed E-state index contributed by atoms with van der Waals surface area (Å²) in [5.74, 6) is 5.78. The molecule has 21 heavy (non-hydrogen) atoms. The number of nitrogens with zero attached hydrogens (tertiary/aromatic N) is 2. The molecule has 0 radical (unpaired) electrons. The van der Waals surface area contributed by atoms with Gasteiger partial charge >= 0.3 is 0 Å². The Morgan fingerprint density at radius 1 is 1.24 bits per heavy atom. The van der Waals surface area contributed by atoms with Crippen molar-refractivity contribution in [3.05, 3.63) is 64.4 Å². The SMILES string of the molecule is Cn1ncc(Br)c1C(Cc1cccc2ccccc12)NN. The third kappa shape index (κ3) is 2.72. The van der Waals surface area contributed by atoms with Crippen LogP contribution in [-0.4, -0.2) is 9.78 Å². The van der Waals surface area contributed by atoms with Crippen LogP contribution in [-0.2, 0) is 13.5 Å². The first kappa shape index (κ1) is 14.3. The van der Waals surface area contributed by atoms with Gasteiger partial charge in [0.1, 0.15) is 0 Å². The number of fused-ring (bicyclic) bond motifs is 1. The molecule has 0 aliphatic rings. The second-order valence-electron chi connectivity index (χ2n) is 5.06. The maximum Gasteiger partial charge on any atom is 0.0709 e. The van der Waals surface area contributed by atoms with Gasteiger partial charge in [-0.15, -0.1) is 0 Å². The normalized spacial score (nSPS) is 12.7. The van der Waals surface area contributed by atoms with Crippen LogP contribution in [0.3, 0.4) is 0 Å². The van der Waals surface area contributed by atoms with Gasteiger partial charge in [0.15, 0.2) is 0 Å². The fourth-order valence-corrected chi connectivity index (χ4v) is 3.36. The number of hydrogen-bond donors (Lipinski definition) is 2. The van der Waals surface area contributed by atoms with Gasteiger partial charge < -0.3 is 0 Å². The van der Waals surface area contributed by atoms with Gasteiger partial charge in [0, 0.05) is 7.05 Å². The van der Waals surface area contributed by atoms with E-state index in [0.29, 0.717) is 0 Å². The second-order valence-corrected chi connectivity index (χ2v) is 5.92. The number of hydrazine groups is 1. The molecule has 1 aromatic heterocycles. The van der Waals surface area contributed by atoms with E-state index in [0.717, 1.165) is 16.6 Å². The van der Waals surface area contributed by atoms with Crippen LogP contribution in [0.5, 0.6) is 0 Å².